The highest BCUT2D eigenvalue weighted by Gasteiger charge is 2.17. The third-order valence-electron chi connectivity index (χ3n) is 5.23. The predicted molar refractivity (Wildman–Crippen MR) is 128 cm³/mol. The van der Waals surface area contributed by atoms with Crippen molar-refractivity contribution in [3.63, 3.8) is 0 Å². The second-order valence-electron chi connectivity index (χ2n) is 7.29. The Hall–Kier alpha value is -2.35. The SMILES string of the molecule is CN=C(NCCCc1nn(-c2ccc(F)cc2)c(N)c1C#N)NC1CCCCC1.I. The van der Waals surface area contributed by atoms with Gasteiger partial charge in [-0.3, -0.25) is 4.99 Å². The zero-order valence-corrected chi connectivity index (χ0v) is 19.5. The monoisotopic (exact) mass is 525 g/mol. The molecule has 9 heteroatoms. The molecule has 162 valence electrons. The molecule has 1 aliphatic rings. The minimum atomic E-state index is -0.332. The summed E-state index contributed by atoms with van der Waals surface area (Å²) in [6.45, 7) is 0.709. The molecule has 0 radical (unpaired) electrons. The molecule has 1 aromatic heterocycles. The van der Waals surface area contributed by atoms with E-state index in [1.54, 1.807) is 19.2 Å². The van der Waals surface area contributed by atoms with E-state index in [0.717, 1.165) is 12.4 Å². The van der Waals surface area contributed by atoms with Gasteiger partial charge < -0.3 is 16.4 Å². The van der Waals surface area contributed by atoms with Crippen LogP contribution in [0.3, 0.4) is 0 Å². The number of aliphatic imine (C=N–C) groups is 1. The second kappa shape index (κ2) is 11.7. The number of halogens is 2. The zero-order chi connectivity index (χ0) is 20.6. The average molecular weight is 525 g/mol. The first-order valence-electron chi connectivity index (χ1n) is 10.1. The summed E-state index contributed by atoms with van der Waals surface area (Å²) in [4.78, 5) is 4.30. The number of nitrogen functional groups attached to an aromatic ring is 1. The van der Waals surface area contributed by atoms with Gasteiger partial charge in [0.05, 0.1) is 11.4 Å². The largest absolute Gasteiger partial charge is 0.382 e. The van der Waals surface area contributed by atoms with E-state index in [-0.39, 0.29) is 35.6 Å². The van der Waals surface area contributed by atoms with Gasteiger partial charge in [-0.1, -0.05) is 19.3 Å². The van der Waals surface area contributed by atoms with Crippen molar-refractivity contribution in [3.8, 4) is 11.8 Å². The first-order chi connectivity index (χ1) is 14.1. The number of anilines is 1. The lowest BCUT2D eigenvalue weighted by molar-refractivity contribution is 0.410. The lowest BCUT2D eigenvalue weighted by Crippen LogP contribution is -2.44. The van der Waals surface area contributed by atoms with E-state index in [1.165, 1.54) is 48.9 Å². The summed E-state index contributed by atoms with van der Waals surface area (Å²) in [6, 6.07) is 8.50. The van der Waals surface area contributed by atoms with Gasteiger partial charge in [0.2, 0.25) is 0 Å². The molecule has 1 aliphatic carbocycles. The number of aryl methyl sites for hydroxylation is 1. The normalized spacial score (nSPS) is 14.6. The van der Waals surface area contributed by atoms with Crippen LogP contribution in [-0.4, -0.2) is 35.4 Å². The number of benzene rings is 1. The quantitative estimate of drug-likeness (QED) is 0.232. The van der Waals surface area contributed by atoms with Gasteiger partial charge in [0, 0.05) is 19.6 Å². The van der Waals surface area contributed by atoms with Crippen LogP contribution in [0.2, 0.25) is 0 Å². The molecule has 1 saturated carbocycles. The standard InChI is InChI=1S/C21H28FN7.HI/c1-25-21(27-16-6-3-2-4-7-16)26-13-5-8-19-18(14-23)20(24)29(28-19)17-11-9-15(22)10-12-17;/h9-12,16H,2-8,13,24H2,1H3,(H2,25,26,27);1H. The number of nitriles is 1. The van der Waals surface area contributed by atoms with Crippen molar-refractivity contribution in [1.29, 1.82) is 5.26 Å². The van der Waals surface area contributed by atoms with Crippen molar-refractivity contribution in [3.05, 3.63) is 41.3 Å². The van der Waals surface area contributed by atoms with E-state index >= 15 is 0 Å². The van der Waals surface area contributed by atoms with Crippen LogP contribution in [0, 0.1) is 17.1 Å². The van der Waals surface area contributed by atoms with Crippen LogP contribution in [0.5, 0.6) is 0 Å². The Morgan fingerprint density at radius 1 is 1.30 bits per heavy atom. The van der Waals surface area contributed by atoms with Gasteiger partial charge in [0.1, 0.15) is 23.3 Å². The van der Waals surface area contributed by atoms with Crippen molar-refractivity contribution < 1.29 is 4.39 Å². The molecule has 3 rings (SSSR count). The summed E-state index contributed by atoms with van der Waals surface area (Å²) in [5.74, 6) is 0.757. The molecule has 30 heavy (non-hydrogen) atoms. The number of guanidine groups is 1. The van der Waals surface area contributed by atoms with Crippen LogP contribution in [0.1, 0.15) is 49.8 Å². The maximum atomic E-state index is 13.2. The number of nitrogens with two attached hydrogens (primary N) is 1. The molecule has 0 atom stereocenters. The van der Waals surface area contributed by atoms with Crippen LogP contribution in [0.25, 0.3) is 5.69 Å². The van der Waals surface area contributed by atoms with Gasteiger partial charge in [-0.2, -0.15) is 10.4 Å². The predicted octanol–water partition coefficient (Wildman–Crippen LogP) is 3.51. The Labute approximate surface area is 194 Å². The molecular formula is C21H29FIN7. The van der Waals surface area contributed by atoms with Crippen LogP contribution < -0.4 is 16.4 Å². The molecule has 0 unspecified atom stereocenters. The Morgan fingerprint density at radius 2 is 2.00 bits per heavy atom. The Kier molecular flexibility index (Phi) is 9.36. The lowest BCUT2D eigenvalue weighted by Gasteiger charge is -2.24. The molecule has 1 heterocycles. The molecule has 0 bridgehead atoms. The van der Waals surface area contributed by atoms with E-state index in [9.17, 15) is 9.65 Å². The van der Waals surface area contributed by atoms with E-state index in [0.29, 0.717) is 36.0 Å². The van der Waals surface area contributed by atoms with Gasteiger partial charge in [0.15, 0.2) is 5.96 Å². The Bertz CT molecular complexity index is 880. The molecule has 0 aliphatic heterocycles. The fourth-order valence-corrected chi connectivity index (χ4v) is 3.65. The van der Waals surface area contributed by atoms with Crippen molar-refractivity contribution in [2.75, 3.05) is 19.3 Å². The molecule has 0 saturated heterocycles. The number of hydrogen-bond acceptors (Lipinski definition) is 4. The van der Waals surface area contributed by atoms with Gasteiger partial charge in [-0.15, -0.1) is 24.0 Å². The highest BCUT2D eigenvalue weighted by atomic mass is 127. The van der Waals surface area contributed by atoms with Crippen molar-refractivity contribution in [2.45, 2.75) is 51.0 Å². The Balaban J connectivity index is 0.00000320. The Morgan fingerprint density at radius 3 is 2.63 bits per heavy atom. The third-order valence-corrected chi connectivity index (χ3v) is 5.23. The van der Waals surface area contributed by atoms with E-state index in [1.807, 2.05) is 0 Å². The van der Waals surface area contributed by atoms with E-state index in [2.05, 4.69) is 26.8 Å². The van der Waals surface area contributed by atoms with E-state index in [4.69, 9.17) is 5.73 Å². The summed E-state index contributed by atoms with van der Waals surface area (Å²) in [6.07, 6.45) is 7.61. The number of nitrogens with one attached hydrogen (secondary N) is 2. The average Bonchev–Trinajstić information content (AvgIpc) is 3.06. The first-order valence-corrected chi connectivity index (χ1v) is 10.1. The van der Waals surface area contributed by atoms with Crippen LogP contribution in [-0.2, 0) is 6.42 Å². The highest BCUT2D eigenvalue weighted by Crippen LogP contribution is 2.22. The number of aromatic nitrogens is 2. The van der Waals surface area contributed by atoms with Gasteiger partial charge in [-0.25, -0.2) is 9.07 Å². The molecule has 1 fully saturated rings. The van der Waals surface area contributed by atoms with Crippen molar-refractivity contribution in [2.24, 2.45) is 4.99 Å². The molecule has 7 nitrogen and oxygen atoms in total. The summed E-state index contributed by atoms with van der Waals surface area (Å²) >= 11 is 0. The molecule has 0 amide bonds. The maximum Gasteiger partial charge on any atom is 0.191 e. The lowest BCUT2D eigenvalue weighted by atomic mass is 9.96. The zero-order valence-electron chi connectivity index (χ0n) is 17.2. The van der Waals surface area contributed by atoms with Crippen LogP contribution in [0.15, 0.2) is 29.3 Å². The first kappa shape index (κ1) is 23.9. The van der Waals surface area contributed by atoms with Gasteiger partial charge >= 0.3 is 0 Å². The smallest absolute Gasteiger partial charge is 0.191 e. The number of hydrogen-bond donors (Lipinski definition) is 3. The molecule has 4 N–H and O–H groups in total. The van der Waals surface area contributed by atoms with Crippen LogP contribution >= 0.6 is 24.0 Å². The fourth-order valence-electron chi connectivity index (χ4n) is 3.65. The summed E-state index contributed by atoms with van der Waals surface area (Å²) in [7, 11) is 1.77. The summed E-state index contributed by atoms with van der Waals surface area (Å²) < 4.78 is 14.7. The minimum absolute atomic E-state index is 0. The number of rotatable bonds is 6. The molecule has 1 aromatic carbocycles. The van der Waals surface area contributed by atoms with Gasteiger partial charge in [0.25, 0.3) is 0 Å². The van der Waals surface area contributed by atoms with E-state index < -0.39 is 0 Å². The highest BCUT2D eigenvalue weighted by molar-refractivity contribution is 14.0. The van der Waals surface area contributed by atoms with Crippen molar-refractivity contribution >= 4 is 35.8 Å². The molecule has 2 aromatic rings. The fraction of sp³-hybridized carbons (Fsp3) is 0.476. The summed E-state index contributed by atoms with van der Waals surface area (Å²) in [5.41, 5.74) is 7.75. The van der Waals surface area contributed by atoms with Gasteiger partial charge in [-0.05, 0) is 49.9 Å². The third kappa shape index (κ3) is 6.08. The summed E-state index contributed by atoms with van der Waals surface area (Å²) in [5, 5.41) is 20.8. The van der Waals surface area contributed by atoms with Crippen LogP contribution in [0.4, 0.5) is 10.2 Å². The molecular weight excluding hydrogens is 496 g/mol. The topological polar surface area (TPSA) is 104 Å². The van der Waals surface area contributed by atoms with Crippen molar-refractivity contribution in [1.82, 2.24) is 20.4 Å². The molecule has 0 spiro atoms. The number of nitrogens with zero attached hydrogens (tertiary/aromatic N) is 4. The maximum absolute atomic E-state index is 13.2. The minimum Gasteiger partial charge on any atom is -0.382 e. The second-order valence-corrected chi connectivity index (χ2v) is 7.29.